The third-order valence-corrected chi connectivity index (χ3v) is 3.81. The van der Waals surface area contributed by atoms with Crippen LogP contribution in [0.4, 0.5) is 0 Å². The number of hydrogen-bond acceptors (Lipinski definition) is 3. The molecule has 3 unspecified atom stereocenters. The highest BCUT2D eigenvalue weighted by atomic mass is 16.5. The Morgan fingerprint density at radius 1 is 1.40 bits per heavy atom. The summed E-state index contributed by atoms with van der Waals surface area (Å²) in [6, 6.07) is 8.72. The summed E-state index contributed by atoms with van der Waals surface area (Å²) in [5.74, 6) is 0.941. The molecule has 1 aliphatic rings. The van der Waals surface area contributed by atoms with Crippen LogP contribution in [0.15, 0.2) is 24.3 Å². The van der Waals surface area contributed by atoms with Crippen LogP contribution in [-0.2, 0) is 4.74 Å². The third-order valence-electron chi connectivity index (χ3n) is 3.81. The van der Waals surface area contributed by atoms with Gasteiger partial charge in [-0.25, -0.2) is 0 Å². The van der Waals surface area contributed by atoms with E-state index in [1.165, 1.54) is 5.56 Å². The Morgan fingerprint density at radius 3 is 2.95 bits per heavy atom. The highest BCUT2D eigenvalue weighted by Crippen LogP contribution is 2.22. The summed E-state index contributed by atoms with van der Waals surface area (Å²) in [7, 11) is 0. The lowest BCUT2D eigenvalue weighted by atomic mass is 10.1. The van der Waals surface area contributed by atoms with Gasteiger partial charge in [0.25, 0.3) is 0 Å². The lowest BCUT2D eigenvalue weighted by molar-refractivity contribution is 0.0264. The number of ether oxygens (including phenoxy) is 2. The average Bonchev–Trinajstić information content (AvgIpc) is 2.88. The Labute approximate surface area is 122 Å². The van der Waals surface area contributed by atoms with Crippen LogP contribution in [0.3, 0.4) is 0 Å². The van der Waals surface area contributed by atoms with Gasteiger partial charge in [0.05, 0.1) is 12.2 Å². The van der Waals surface area contributed by atoms with Crippen LogP contribution in [-0.4, -0.2) is 25.4 Å². The van der Waals surface area contributed by atoms with Gasteiger partial charge in [-0.2, -0.15) is 0 Å². The molecule has 20 heavy (non-hydrogen) atoms. The minimum Gasteiger partial charge on any atom is -0.491 e. The molecular weight excluding hydrogens is 250 g/mol. The van der Waals surface area contributed by atoms with Crippen LogP contribution in [0.2, 0.25) is 0 Å². The summed E-state index contributed by atoms with van der Waals surface area (Å²) in [5, 5.41) is 3.50. The SMILES string of the molecule is CCCNC(C)c1cccc(OCC2CCC(C)O2)c1. The van der Waals surface area contributed by atoms with E-state index in [1.54, 1.807) is 0 Å². The highest BCUT2D eigenvalue weighted by Gasteiger charge is 2.22. The number of benzene rings is 1. The van der Waals surface area contributed by atoms with Gasteiger partial charge in [-0.15, -0.1) is 0 Å². The molecular formula is C17H27NO2. The Balaban J connectivity index is 1.85. The number of rotatable bonds is 7. The molecule has 0 spiro atoms. The van der Waals surface area contributed by atoms with Crippen molar-refractivity contribution in [1.82, 2.24) is 5.32 Å². The van der Waals surface area contributed by atoms with E-state index in [9.17, 15) is 0 Å². The van der Waals surface area contributed by atoms with Gasteiger partial charge in [-0.05, 0) is 57.4 Å². The first-order valence-corrected chi connectivity index (χ1v) is 7.80. The molecule has 0 aromatic heterocycles. The largest absolute Gasteiger partial charge is 0.491 e. The van der Waals surface area contributed by atoms with E-state index in [1.807, 2.05) is 6.07 Å². The second-order valence-electron chi connectivity index (χ2n) is 5.71. The van der Waals surface area contributed by atoms with Gasteiger partial charge in [0.1, 0.15) is 12.4 Å². The summed E-state index contributed by atoms with van der Waals surface area (Å²) >= 11 is 0. The molecule has 112 valence electrons. The molecule has 0 radical (unpaired) electrons. The minimum atomic E-state index is 0.254. The smallest absolute Gasteiger partial charge is 0.119 e. The summed E-state index contributed by atoms with van der Waals surface area (Å²) in [4.78, 5) is 0. The number of hydrogen-bond donors (Lipinski definition) is 1. The van der Waals surface area contributed by atoms with Gasteiger partial charge in [0.15, 0.2) is 0 Å². The van der Waals surface area contributed by atoms with E-state index in [0.29, 0.717) is 18.8 Å². The quantitative estimate of drug-likeness (QED) is 0.824. The monoisotopic (exact) mass is 277 g/mol. The molecule has 1 saturated heterocycles. The van der Waals surface area contributed by atoms with Crippen molar-refractivity contribution in [3.05, 3.63) is 29.8 Å². The summed E-state index contributed by atoms with van der Waals surface area (Å²) in [5.41, 5.74) is 1.27. The fourth-order valence-corrected chi connectivity index (χ4v) is 2.55. The standard InChI is InChI=1S/C17H27NO2/c1-4-10-18-14(3)15-6-5-7-16(11-15)19-12-17-9-8-13(2)20-17/h5-7,11,13-14,17-18H,4,8-10,12H2,1-3H3. The van der Waals surface area contributed by atoms with Gasteiger partial charge in [-0.3, -0.25) is 0 Å². The zero-order valence-corrected chi connectivity index (χ0v) is 12.9. The molecule has 0 bridgehead atoms. The second-order valence-corrected chi connectivity index (χ2v) is 5.71. The Kier molecular flexibility index (Phi) is 5.86. The first-order chi connectivity index (χ1) is 9.69. The van der Waals surface area contributed by atoms with Crippen LogP contribution < -0.4 is 10.1 Å². The molecule has 1 N–H and O–H groups in total. The molecule has 3 atom stereocenters. The first kappa shape index (κ1) is 15.3. The van der Waals surface area contributed by atoms with Crippen molar-refractivity contribution in [1.29, 1.82) is 0 Å². The van der Waals surface area contributed by atoms with Crippen LogP contribution in [0.1, 0.15) is 51.6 Å². The fourth-order valence-electron chi connectivity index (χ4n) is 2.55. The predicted molar refractivity (Wildman–Crippen MR) is 82.2 cm³/mol. The van der Waals surface area contributed by atoms with Crippen molar-refractivity contribution in [2.45, 2.75) is 58.3 Å². The van der Waals surface area contributed by atoms with E-state index in [2.05, 4.69) is 44.3 Å². The second kappa shape index (κ2) is 7.65. The third kappa shape index (κ3) is 4.50. The van der Waals surface area contributed by atoms with Crippen molar-refractivity contribution in [2.24, 2.45) is 0 Å². The van der Waals surface area contributed by atoms with Gasteiger partial charge >= 0.3 is 0 Å². The van der Waals surface area contributed by atoms with Gasteiger partial charge < -0.3 is 14.8 Å². The zero-order valence-electron chi connectivity index (χ0n) is 12.9. The maximum Gasteiger partial charge on any atom is 0.119 e. The van der Waals surface area contributed by atoms with Crippen LogP contribution in [0.5, 0.6) is 5.75 Å². The summed E-state index contributed by atoms with van der Waals surface area (Å²) < 4.78 is 11.7. The molecule has 1 aromatic carbocycles. The topological polar surface area (TPSA) is 30.5 Å². The first-order valence-electron chi connectivity index (χ1n) is 7.80. The molecule has 0 amide bonds. The normalized spacial score (nSPS) is 23.8. The highest BCUT2D eigenvalue weighted by molar-refractivity contribution is 5.30. The maximum atomic E-state index is 5.88. The van der Waals surface area contributed by atoms with Crippen LogP contribution in [0.25, 0.3) is 0 Å². The molecule has 3 nitrogen and oxygen atoms in total. The Hall–Kier alpha value is -1.06. The Bertz CT molecular complexity index is 408. The van der Waals surface area contributed by atoms with Crippen LogP contribution >= 0.6 is 0 Å². The molecule has 0 saturated carbocycles. The van der Waals surface area contributed by atoms with E-state index >= 15 is 0 Å². The lowest BCUT2D eigenvalue weighted by Crippen LogP contribution is -2.20. The molecule has 1 heterocycles. The average molecular weight is 277 g/mol. The van der Waals surface area contributed by atoms with E-state index in [-0.39, 0.29) is 6.10 Å². The van der Waals surface area contributed by atoms with E-state index in [0.717, 1.165) is 31.6 Å². The van der Waals surface area contributed by atoms with Crippen molar-refractivity contribution in [3.63, 3.8) is 0 Å². The van der Waals surface area contributed by atoms with Crippen molar-refractivity contribution < 1.29 is 9.47 Å². The van der Waals surface area contributed by atoms with E-state index < -0.39 is 0 Å². The molecule has 3 heteroatoms. The maximum absolute atomic E-state index is 5.88. The predicted octanol–water partition coefficient (Wildman–Crippen LogP) is 3.69. The van der Waals surface area contributed by atoms with Gasteiger partial charge in [0, 0.05) is 6.04 Å². The lowest BCUT2D eigenvalue weighted by Gasteiger charge is -2.16. The molecule has 1 aromatic rings. The van der Waals surface area contributed by atoms with Crippen molar-refractivity contribution in [2.75, 3.05) is 13.2 Å². The summed E-state index contributed by atoms with van der Waals surface area (Å²) in [6.07, 6.45) is 4.04. The van der Waals surface area contributed by atoms with Crippen LogP contribution in [0, 0.1) is 0 Å². The zero-order chi connectivity index (χ0) is 14.4. The molecule has 0 aliphatic carbocycles. The minimum absolute atomic E-state index is 0.254. The molecule has 1 aliphatic heterocycles. The van der Waals surface area contributed by atoms with Crippen molar-refractivity contribution in [3.8, 4) is 5.75 Å². The van der Waals surface area contributed by atoms with E-state index in [4.69, 9.17) is 9.47 Å². The fraction of sp³-hybridized carbons (Fsp3) is 0.647. The van der Waals surface area contributed by atoms with Gasteiger partial charge in [0.2, 0.25) is 0 Å². The van der Waals surface area contributed by atoms with Gasteiger partial charge in [-0.1, -0.05) is 19.1 Å². The summed E-state index contributed by atoms with van der Waals surface area (Å²) in [6.45, 7) is 8.20. The Morgan fingerprint density at radius 2 is 2.25 bits per heavy atom. The molecule has 2 rings (SSSR count). The molecule has 1 fully saturated rings. The number of nitrogens with one attached hydrogen (secondary N) is 1. The van der Waals surface area contributed by atoms with Crippen molar-refractivity contribution >= 4 is 0 Å².